The molecular formula is C19H31N2. The molecule has 2 heteroatoms. The molecule has 0 aliphatic carbocycles. The third-order valence-corrected chi connectivity index (χ3v) is 4.33. The predicted molar refractivity (Wildman–Crippen MR) is 91.3 cm³/mol. The summed E-state index contributed by atoms with van der Waals surface area (Å²) in [6.45, 7) is 8.18. The minimum absolute atomic E-state index is 1.00. The number of unbranched alkanes of at least 4 members (excludes halogenated alkanes) is 3. The highest BCUT2D eigenvalue weighted by Gasteiger charge is 2.08. The second-order valence-corrected chi connectivity index (χ2v) is 6.28. The van der Waals surface area contributed by atoms with Gasteiger partial charge in [0.1, 0.15) is 0 Å². The SMILES string of the molecule is Cc1ccc(CNCCCCCCN2CC[CH]CC2)cc1. The Morgan fingerprint density at radius 1 is 0.952 bits per heavy atom. The molecule has 1 heterocycles. The lowest BCUT2D eigenvalue weighted by Crippen LogP contribution is -2.30. The molecule has 1 radical (unpaired) electrons. The molecule has 0 atom stereocenters. The fourth-order valence-electron chi connectivity index (χ4n) is 2.91. The van der Waals surface area contributed by atoms with Crippen molar-refractivity contribution in [2.75, 3.05) is 26.2 Å². The monoisotopic (exact) mass is 287 g/mol. The largest absolute Gasteiger partial charge is 0.313 e. The minimum Gasteiger partial charge on any atom is -0.313 e. The van der Waals surface area contributed by atoms with Gasteiger partial charge in [-0.1, -0.05) is 42.7 Å². The van der Waals surface area contributed by atoms with E-state index in [0.29, 0.717) is 0 Å². The number of nitrogens with zero attached hydrogens (tertiary/aromatic N) is 1. The van der Waals surface area contributed by atoms with Gasteiger partial charge in [0.25, 0.3) is 0 Å². The van der Waals surface area contributed by atoms with E-state index >= 15 is 0 Å². The van der Waals surface area contributed by atoms with E-state index in [1.807, 2.05) is 0 Å². The predicted octanol–water partition coefficient (Wildman–Crippen LogP) is 3.95. The van der Waals surface area contributed by atoms with Crippen LogP contribution >= 0.6 is 0 Å². The van der Waals surface area contributed by atoms with Crippen LogP contribution in [0.1, 0.15) is 49.7 Å². The quantitative estimate of drug-likeness (QED) is 0.692. The normalized spacial score (nSPS) is 16.2. The number of hydrogen-bond donors (Lipinski definition) is 1. The van der Waals surface area contributed by atoms with Gasteiger partial charge in [0.05, 0.1) is 0 Å². The average molecular weight is 287 g/mol. The summed E-state index contributed by atoms with van der Waals surface area (Å²) in [5, 5.41) is 3.55. The molecule has 1 aromatic carbocycles. The van der Waals surface area contributed by atoms with Crippen LogP contribution in [0.5, 0.6) is 0 Å². The molecule has 2 nitrogen and oxygen atoms in total. The van der Waals surface area contributed by atoms with Crippen LogP contribution in [0.4, 0.5) is 0 Å². The van der Waals surface area contributed by atoms with Gasteiger partial charge in [-0.2, -0.15) is 0 Å². The van der Waals surface area contributed by atoms with Gasteiger partial charge in [-0.15, -0.1) is 0 Å². The Balaban J connectivity index is 1.40. The van der Waals surface area contributed by atoms with Crippen LogP contribution in [0, 0.1) is 13.3 Å². The Kier molecular flexibility index (Phi) is 7.83. The van der Waals surface area contributed by atoms with Crippen molar-refractivity contribution in [2.24, 2.45) is 0 Å². The zero-order chi connectivity index (χ0) is 14.8. The van der Waals surface area contributed by atoms with Gasteiger partial charge in [-0.05, 0) is 70.8 Å². The third kappa shape index (κ3) is 7.10. The maximum Gasteiger partial charge on any atom is 0.0205 e. The first-order chi connectivity index (χ1) is 10.3. The summed E-state index contributed by atoms with van der Waals surface area (Å²) in [6, 6.07) is 8.82. The average Bonchev–Trinajstić information content (AvgIpc) is 2.53. The van der Waals surface area contributed by atoms with E-state index in [2.05, 4.69) is 47.8 Å². The lowest BCUT2D eigenvalue weighted by atomic mass is 10.1. The Morgan fingerprint density at radius 2 is 1.67 bits per heavy atom. The lowest BCUT2D eigenvalue weighted by molar-refractivity contribution is 0.248. The second-order valence-electron chi connectivity index (χ2n) is 6.28. The standard InChI is InChI=1S/C19H31N2/c1-18-9-11-19(12-10-18)17-20-13-5-2-3-6-14-21-15-7-4-8-16-21/h4,9-12,20H,2-3,5-8,13-17H2,1H3. The van der Waals surface area contributed by atoms with Crippen LogP contribution in [0.25, 0.3) is 0 Å². The molecule has 0 spiro atoms. The maximum atomic E-state index is 3.55. The summed E-state index contributed by atoms with van der Waals surface area (Å²) in [5.74, 6) is 0. The highest BCUT2D eigenvalue weighted by Crippen LogP contribution is 2.09. The van der Waals surface area contributed by atoms with E-state index in [4.69, 9.17) is 0 Å². The minimum atomic E-state index is 1.00. The Bertz CT molecular complexity index is 366. The molecule has 1 N–H and O–H groups in total. The molecule has 1 saturated heterocycles. The smallest absolute Gasteiger partial charge is 0.0205 e. The van der Waals surface area contributed by atoms with Crippen LogP contribution in [-0.2, 0) is 6.54 Å². The van der Waals surface area contributed by atoms with Crippen molar-refractivity contribution in [1.82, 2.24) is 10.2 Å². The van der Waals surface area contributed by atoms with Crippen molar-refractivity contribution in [3.8, 4) is 0 Å². The zero-order valence-electron chi connectivity index (χ0n) is 13.6. The maximum absolute atomic E-state index is 3.55. The summed E-state index contributed by atoms with van der Waals surface area (Å²) in [7, 11) is 0. The summed E-state index contributed by atoms with van der Waals surface area (Å²) in [5.41, 5.74) is 2.73. The molecule has 0 saturated carbocycles. The van der Waals surface area contributed by atoms with E-state index in [1.54, 1.807) is 0 Å². The van der Waals surface area contributed by atoms with E-state index in [-0.39, 0.29) is 0 Å². The van der Waals surface area contributed by atoms with Crippen LogP contribution in [0.15, 0.2) is 24.3 Å². The molecule has 1 fully saturated rings. The van der Waals surface area contributed by atoms with Gasteiger partial charge in [-0.3, -0.25) is 0 Å². The van der Waals surface area contributed by atoms with Crippen molar-refractivity contribution < 1.29 is 0 Å². The topological polar surface area (TPSA) is 15.3 Å². The van der Waals surface area contributed by atoms with Crippen molar-refractivity contribution in [2.45, 2.75) is 52.0 Å². The summed E-state index contributed by atoms with van der Waals surface area (Å²) >= 11 is 0. The summed E-state index contributed by atoms with van der Waals surface area (Å²) in [6.07, 6.45) is 10.4. The highest BCUT2D eigenvalue weighted by atomic mass is 15.1. The van der Waals surface area contributed by atoms with Crippen molar-refractivity contribution in [3.63, 3.8) is 0 Å². The number of benzene rings is 1. The first kappa shape index (κ1) is 16.5. The first-order valence-electron chi connectivity index (χ1n) is 8.65. The van der Waals surface area contributed by atoms with E-state index in [0.717, 1.165) is 13.1 Å². The highest BCUT2D eigenvalue weighted by molar-refractivity contribution is 5.20. The Labute approximate surface area is 130 Å². The first-order valence-corrected chi connectivity index (χ1v) is 8.65. The van der Waals surface area contributed by atoms with Gasteiger partial charge in [-0.25, -0.2) is 0 Å². The number of piperidine rings is 1. The van der Waals surface area contributed by atoms with Crippen molar-refractivity contribution >= 4 is 0 Å². The number of likely N-dealkylation sites (tertiary alicyclic amines) is 1. The van der Waals surface area contributed by atoms with Crippen molar-refractivity contribution in [3.05, 3.63) is 41.8 Å². The number of aryl methyl sites for hydroxylation is 1. The lowest BCUT2D eigenvalue weighted by Gasteiger charge is -2.26. The molecule has 0 amide bonds. The molecule has 21 heavy (non-hydrogen) atoms. The van der Waals surface area contributed by atoms with Gasteiger partial charge < -0.3 is 10.2 Å². The van der Waals surface area contributed by atoms with Crippen LogP contribution in [0.3, 0.4) is 0 Å². The molecule has 1 aliphatic heterocycles. The molecule has 1 aliphatic rings. The molecule has 2 rings (SSSR count). The van der Waals surface area contributed by atoms with Crippen LogP contribution in [-0.4, -0.2) is 31.1 Å². The van der Waals surface area contributed by atoms with Gasteiger partial charge in [0.2, 0.25) is 0 Å². The van der Waals surface area contributed by atoms with Crippen molar-refractivity contribution in [1.29, 1.82) is 0 Å². The zero-order valence-corrected chi connectivity index (χ0v) is 13.6. The number of rotatable bonds is 9. The molecule has 117 valence electrons. The Morgan fingerprint density at radius 3 is 2.43 bits per heavy atom. The summed E-state index contributed by atoms with van der Waals surface area (Å²) < 4.78 is 0. The van der Waals surface area contributed by atoms with E-state index < -0.39 is 0 Å². The van der Waals surface area contributed by atoms with Crippen LogP contribution in [0.2, 0.25) is 0 Å². The number of nitrogens with one attached hydrogen (secondary N) is 1. The molecule has 1 aromatic rings. The fraction of sp³-hybridized carbons (Fsp3) is 0.632. The van der Waals surface area contributed by atoms with E-state index in [1.165, 1.54) is 69.3 Å². The van der Waals surface area contributed by atoms with Gasteiger partial charge in [0.15, 0.2) is 0 Å². The number of hydrogen-bond acceptors (Lipinski definition) is 2. The Hall–Kier alpha value is -0.860. The molecular weight excluding hydrogens is 256 g/mol. The fourth-order valence-corrected chi connectivity index (χ4v) is 2.91. The summed E-state index contributed by atoms with van der Waals surface area (Å²) in [4.78, 5) is 2.62. The second kappa shape index (κ2) is 9.97. The molecule has 0 unspecified atom stereocenters. The molecule has 0 aromatic heterocycles. The molecule has 0 bridgehead atoms. The van der Waals surface area contributed by atoms with E-state index in [9.17, 15) is 0 Å². The van der Waals surface area contributed by atoms with Crippen LogP contribution < -0.4 is 5.32 Å². The van der Waals surface area contributed by atoms with Gasteiger partial charge in [0, 0.05) is 6.54 Å². The van der Waals surface area contributed by atoms with Gasteiger partial charge >= 0.3 is 0 Å². The third-order valence-electron chi connectivity index (χ3n) is 4.33.